The number of anilines is 1. The molecular weight excluding hydrogens is 574 g/mol. The van der Waals surface area contributed by atoms with Gasteiger partial charge < -0.3 is 15.0 Å². The van der Waals surface area contributed by atoms with Gasteiger partial charge in [-0.15, -0.1) is 0 Å². The van der Waals surface area contributed by atoms with Gasteiger partial charge in [-0.1, -0.05) is 67.3 Å². The van der Waals surface area contributed by atoms with Crippen molar-refractivity contribution in [2.75, 3.05) is 18.0 Å². The van der Waals surface area contributed by atoms with Gasteiger partial charge >= 0.3 is 0 Å². The van der Waals surface area contributed by atoms with E-state index in [0.717, 1.165) is 42.0 Å². The lowest BCUT2D eigenvalue weighted by atomic mass is 9.95. The number of nitrogens with one attached hydrogen (secondary N) is 1. The number of benzene rings is 3. The van der Waals surface area contributed by atoms with Gasteiger partial charge in [0.05, 0.1) is 17.7 Å². The third kappa shape index (κ3) is 7.63. The van der Waals surface area contributed by atoms with E-state index >= 15 is 0 Å². The normalized spacial score (nSPS) is 14.6. The van der Waals surface area contributed by atoms with Crippen molar-refractivity contribution in [2.24, 2.45) is 0 Å². The first-order chi connectivity index (χ1) is 20.1. The third-order valence-electron chi connectivity index (χ3n) is 7.66. The van der Waals surface area contributed by atoms with E-state index in [2.05, 4.69) is 5.32 Å². The van der Waals surface area contributed by atoms with Gasteiger partial charge in [0, 0.05) is 17.6 Å². The molecule has 8 nitrogen and oxygen atoms in total. The first-order valence-electron chi connectivity index (χ1n) is 14.2. The summed E-state index contributed by atoms with van der Waals surface area (Å²) in [7, 11) is -2.61. The van der Waals surface area contributed by atoms with E-state index in [1.165, 1.54) is 23.1 Å². The van der Waals surface area contributed by atoms with Crippen LogP contribution in [0.1, 0.15) is 50.2 Å². The Morgan fingerprint density at radius 2 is 1.71 bits per heavy atom. The Balaban J connectivity index is 1.71. The molecule has 1 aliphatic rings. The van der Waals surface area contributed by atoms with Crippen LogP contribution in [0.2, 0.25) is 5.02 Å². The Kier molecular flexibility index (Phi) is 10.5. The fourth-order valence-electron chi connectivity index (χ4n) is 5.20. The number of halogens is 1. The molecule has 0 saturated heterocycles. The van der Waals surface area contributed by atoms with E-state index in [1.807, 2.05) is 12.1 Å². The number of nitrogens with zero attached hydrogens (tertiary/aromatic N) is 2. The van der Waals surface area contributed by atoms with Gasteiger partial charge in [0.25, 0.3) is 10.0 Å². The number of methoxy groups -OCH3 is 1. The molecule has 1 atom stereocenters. The summed E-state index contributed by atoms with van der Waals surface area (Å²) >= 11 is 6.29. The molecule has 0 heterocycles. The minimum atomic E-state index is -4.17. The molecule has 42 heavy (non-hydrogen) atoms. The maximum absolute atomic E-state index is 14.2. The number of carbonyl (C=O) groups excluding carboxylic acids is 2. The quantitative estimate of drug-likeness (QED) is 0.299. The molecule has 1 aliphatic carbocycles. The topological polar surface area (TPSA) is 96.0 Å². The summed E-state index contributed by atoms with van der Waals surface area (Å²) in [5, 5.41) is 3.45. The van der Waals surface area contributed by atoms with Crippen molar-refractivity contribution in [3.8, 4) is 5.75 Å². The number of rotatable bonds is 11. The Morgan fingerprint density at radius 3 is 2.40 bits per heavy atom. The first kappa shape index (κ1) is 31.4. The maximum Gasteiger partial charge on any atom is 0.264 e. The summed E-state index contributed by atoms with van der Waals surface area (Å²) in [6, 6.07) is 19.3. The largest absolute Gasteiger partial charge is 0.497 e. The van der Waals surface area contributed by atoms with E-state index in [4.69, 9.17) is 16.3 Å². The molecule has 0 spiro atoms. The first-order valence-corrected chi connectivity index (χ1v) is 16.0. The van der Waals surface area contributed by atoms with Crippen LogP contribution in [0.4, 0.5) is 5.69 Å². The van der Waals surface area contributed by atoms with Crippen molar-refractivity contribution in [3.05, 3.63) is 88.9 Å². The lowest BCUT2D eigenvalue weighted by molar-refractivity contribution is -0.139. The molecule has 0 bridgehead atoms. The number of hydrogen-bond acceptors (Lipinski definition) is 5. The van der Waals surface area contributed by atoms with Gasteiger partial charge in [0.2, 0.25) is 11.8 Å². The Hall–Kier alpha value is -3.56. The molecule has 3 aromatic rings. The zero-order valence-corrected chi connectivity index (χ0v) is 25.8. The molecule has 1 saturated carbocycles. The second-order valence-electron chi connectivity index (χ2n) is 10.6. The van der Waals surface area contributed by atoms with Crippen LogP contribution < -0.4 is 14.4 Å². The number of amides is 2. The van der Waals surface area contributed by atoms with Gasteiger partial charge in [0.15, 0.2) is 0 Å². The molecule has 2 amide bonds. The molecular formula is C32H38ClN3O5S. The molecule has 4 rings (SSSR count). The van der Waals surface area contributed by atoms with Crippen molar-refractivity contribution in [1.82, 2.24) is 10.2 Å². The Bertz CT molecular complexity index is 1490. The number of carbonyl (C=O) groups is 2. The summed E-state index contributed by atoms with van der Waals surface area (Å²) in [5.41, 5.74) is 1.67. The minimum absolute atomic E-state index is 0.0413. The SMILES string of the molecule is COc1cccc(CN(C(=O)CN(c2cc(Cl)ccc2C)S(=O)(=O)c2ccccc2)[C@@H](C)C(=O)NC2CCCCC2)c1. The van der Waals surface area contributed by atoms with E-state index < -0.39 is 28.5 Å². The fraction of sp³-hybridized carbons (Fsp3) is 0.375. The zero-order chi connectivity index (χ0) is 30.3. The third-order valence-corrected chi connectivity index (χ3v) is 9.66. The Labute approximate surface area is 253 Å². The zero-order valence-electron chi connectivity index (χ0n) is 24.3. The summed E-state index contributed by atoms with van der Waals surface area (Å²) in [6.07, 6.45) is 5.06. The summed E-state index contributed by atoms with van der Waals surface area (Å²) in [4.78, 5) is 29.1. The molecule has 3 aromatic carbocycles. The molecule has 0 aliphatic heterocycles. The standard InChI is InChI=1S/C32H38ClN3O5S/c1-23-17-18-26(33)20-30(23)36(42(39,40)29-15-8-5-9-16-29)22-31(37)35(21-25-11-10-14-28(19-25)41-3)24(2)32(38)34-27-12-6-4-7-13-27/h5,8-11,14-20,24,27H,4,6-7,12-13,21-22H2,1-3H3,(H,34,38)/t24-/m0/s1. The number of sulfonamides is 1. The molecule has 1 fully saturated rings. The smallest absolute Gasteiger partial charge is 0.264 e. The van der Waals surface area contributed by atoms with Crippen molar-refractivity contribution in [1.29, 1.82) is 0 Å². The average Bonchev–Trinajstić information content (AvgIpc) is 3.00. The van der Waals surface area contributed by atoms with Gasteiger partial charge in [0.1, 0.15) is 18.3 Å². The summed E-state index contributed by atoms with van der Waals surface area (Å²) in [6.45, 7) is 3.00. The number of aryl methyl sites for hydroxylation is 1. The van der Waals surface area contributed by atoms with Crippen LogP contribution in [0.5, 0.6) is 5.75 Å². The molecule has 224 valence electrons. The fourth-order valence-corrected chi connectivity index (χ4v) is 6.86. The molecule has 0 radical (unpaired) electrons. The summed E-state index contributed by atoms with van der Waals surface area (Å²) < 4.78 is 34.4. The maximum atomic E-state index is 14.2. The molecule has 10 heteroatoms. The monoisotopic (exact) mass is 611 g/mol. The van der Waals surface area contributed by atoms with Crippen LogP contribution in [0.15, 0.2) is 77.7 Å². The van der Waals surface area contributed by atoms with Crippen LogP contribution in [-0.4, -0.2) is 50.9 Å². The van der Waals surface area contributed by atoms with Crippen molar-refractivity contribution >= 4 is 39.1 Å². The van der Waals surface area contributed by atoms with Crippen LogP contribution in [0, 0.1) is 6.92 Å². The van der Waals surface area contributed by atoms with Gasteiger partial charge in [-0.25, -0.2) is 8.42 Å². The van der Waals surface area contributed by atoms with Crippen molar-refractivity contribution < 1.29 is 22.7 Å². The molecule has 0 unspecified atom stereocenters. The van der Waals surface area contributed by atoms with Crippen LogP contribution in [-0.2, 0) is 26.2 Å². The second kappa shape index (κ2) is 14.1. The highest BCUT2D eigenvalue weighted by molar-refractivity contribution is 7.92. The average molecular weight is 612 g/mol. The second-order valence-corrected chi connectivity index (χ2v) is 12.9. The predicted octanol–water partition coefficient (Wildman–Crippen LogP) is 5.72. The minimum Gasteiger partial charge on any atom is -0.497 e. The molecule has 0 aromatic heterocycles. The van der Waals surface area contributed by atoms with Crippen LogP contribution >= 0.6 is 11.6 Å². The van der Waals surface area contributed by atoms with Gasteiger partial charge in [-0.05, 0) is 74.2 Å². The number of hydrogen-bond donors (Lipinski definition) is 1. The van der Waals surface area contributed by atoms with E-state index in [-0.39, 0.29) is 23.4 Å². The molecule has 1 N–H and O–H groups in total. The highest BCUT2D eigenvalue weighted by Crippen LogP contribution is 2.30. The van der Waals surface area contributed by atoms with Crippen LogP contribution in [0.25, 0.3) is 0 Å². The van der Waals surface area contributed by atoms with E-state index in [1.54, 1.807) is 63.4 Å². The van der Waals surface area contributed by atoms with Crippen molar-refractivity contribution in [3.63, 3.8) is 0 Å². The van der Waals surface area contributed by atoms with Crippen LogP contribution in [0.3, 0.4) is 0 Å². The number of ether oxygens (including phenoxy) is 1. The van der Waals surface area contributed by atoms with Gasteiger partial charge in [-0.2, -0.15) is 0 Å². The lowest BCUT2D eigenvalue weighted by Gasteiger charge is -2.33. The predicted molar refractivity (Wildman–Crippen MR) is 165 cm³/mol. The van der Waals surface area contributed by atoms with E-state index in [9.17, 15) is 18.0 Å². The summed E-state index contributed by atoms with van der Waals surface area (Å²) in [5.74, 6) is -0.181. The van der Waals surface area contributed by atoms with Crippen molar-refractivity contribution in [2.45, 2.75) is 69.5 Å². The van der Waals surface area contributed by atoms with Gasteiger partial charge in [-0.3, -0.25) is 13.9 Å². The Morgan fingerprint density at radius 1 is 1.00 bits per heavy atom. The van der Waals surface area contributed by atoms with E-state index in [0.29, 0.717) is 22.0 Å². The highest BCUT2D eigenvalue weighted by Gasteiger charge is 2.34. The highest BCUT2D eigenvalue weighted by atomic mass is 35.5. The lowest BCUT2D eigenvalue weighted by Crippen LogP contribution is -2.53.